The molecule has 3 aromatic rings. The highest BCUT2D eigenvalue weighted by atomic mass is 28.3. The van der Waals surface area contributed by atoms with E-state index < -0.39 is 48.0 Å². The molecule has 40 heavy (non-hydrogen) atoms. The molecule has 1 aliphatic heterocycles. The number of nitrogens with zero attached hydrogens (tertiary/aromatic N) is 3. The summed E-state index contributed by atoms with van der Waals surface area (Å²) < 4.78 is 14.6. The van der Waals surface area contributed by atoms with Crippen LogP contribution < -0.4 is 11.4 Å². The predicted molar refractivity (Wildman–Crippen MR) is 153 cm³/mol. The van der Waals surface area contributed by atoms with Gasteiger partial charge in [0.2, 0.25) is 0 Å². The third-order valence-corrected chi connectivity index (χ3v) is 13.6. The maximum atomic E-state index is 14.3. The van der Waals surface area contributed by atoms with Gasteiger partial charge in [-0.3, -0.25) is 9.59 Å². The third kappa shape index (κ3) is 3.72. The molecule has 10 heteroatoms. The number of para-hydroxylation sites is 1. The van der Waals surface area contributed by atoms with Crippen molar-refractivity contribution in [1.29, 1.82) is 0 Å². The van der Waals surface area contributed by atoms with Crippen molar-refractivity contribution in [2.75, 3.05) is 14.2 Å². The van der Waals surface area contributed by atoms with Crippen LogP contribution in [0.2, 0.25) is 13.1 Å². The summed E-state index contributed by atoms with van der Waals surface area (Å²) in [4.78, 5) is 54.9. The lowest BCUT2D eigenvalue weighted by atomic mass is 9.83. The van der Waals surface area contributed by atoms with E-state index in [9.17, 15) is 19.2 Å². The number of aromatic nitrogens is 3. The second-order valence-corrected chi connectivity index (χ2v) is 16.7. The van der Waals surface area contributed by atoms with E-state index in [4.69, 9.17) is 9.47 Å². The van der Waals surface area contributed by atoms with Gasteiger partial charge in [-0.25, -0.2) is 23.5 Å². The van der Waals surface area contributed by atoms with E-state index in [0.29, 0.717) is 11.7 Å². The maximum absolute atomic E-state index is 14.3. The summed E-state index contributed by atoms with van der Waals surface area (Å²) in [7, 11) is -0.0858. The molecule has 0 amide bonds. The van der Waals surface area contributed by atoms with Crippen molar-refractivity contribution in [3.63, 3.8) is 0 Å². The first-order valence-electron chi connectivity index (χ1n) is 13.4. The lowest BCUT2D eigenvalue weighted by molar-refractivity contribution is -0.168. The van der Waals surface area contributed by atoms with Crippen molar-refractivity contribution >= 4 is 20.0 Å². The molecule has 2 aliphatic rings. The van der Waals surface area contributed by atoms with Crippen LogP contribution in [0.1, 0.15) is 38.3 Å². The average Bonchev–Trinajstić information content (AvgIpc) is 3.49. The van der Waals surface area contributed by atoms with E-state index in [0.717, 1.165) is 16.7 Å². The first kappa shape index (κ1) is 27.6. The average molecular weight is 562 g/mol. The van der Waals surface area contributed by atoms with Gasteiger partial charge < -0.3 is 9.47 Å². The van der Waals surface area contributed by atoms with Crippen molar-refractivity contribution < 1.29 is 19.1 Å². The molecule has 5 rings (SSSR count). The molecule has 0 radical (unpaired) electrons. The minimum absolute atomic E-state index is 0.0604. The molecule has 9 nitrogen and oxygen atoms in total. The number of benzene rings is 2. The summed E-state index contributed by atoms with van der Waals surface area (Å²) in [6, 6.07) is 19.1. The number of hydrogen-bond acceptors (Lipinski definition) is 6. The lowest BCUT2D eigenvalue weighted by Gasteiger charge is -2.49. The van der Waals surface area contributed by atoms with Gasteiger partial charge in [0.05, 0.1) is 39.2 Å². The Hall–Kier alpha value is -3.92. The number of hydrogen-bond donors (Lipinski definition) is 0. The van der Waals surface area contributed by atoms with Gasteiger partial charge in [-0.05, 0) is 56.0 Å². The van der Waals surface area contributed by atoms with Crippen molar-refractivity contribution in [3.8, 4) is 5.69 Å². The van der Waals surface area contributed by atoms with Gasteiger partial charge in [-0.1, -0.05) is 67.2 Å². The number of carbonyl (C=O) groups is 2. The molecule has 1 aliphatic carbocycles. The normalized spacial score (nSPS) is 21.5. The smallest absolute Gasteiger partial charge is 0.352 e. The summed E-state index contributed by atoms with van der Waals surface area (Å²) in [6.45, 7) is 8.23. The summed E-state index contributed by atoms with van der Waals surface area (Å²) >= 11 is 0. The van der Waals surface area contributed by atoms with Crippen LogP contribution in [-0.4, -0.2) is 48.2 Å². The van der Waals surface area contributed by atoms with E-state index in [1.807, 2.05) is 38.1 Å². The number of methoxy groups -OCH3 is 2. The number of fused-ring (bicyclic) bond motifs is 1. The SMILES string of the molecule is COC(=O)C1(C(=O)OC)CC2=C(C1)[C@](C)([Si](C)(C)Cc1ccccc1)n1c(=O)n(-c3ccccc3)c(=O)n1[C@H]2C. The highest BCUT2D eigenvalue weighted by molar-refractivity contribution is 6.79. The highest BCUT2D eigenvalue weighted by Crippen LogP contribution is 2.56. The summed E-state index contributed by atoms with van der Waals surface area (Å²) in [5, 5.41) is -0.954. The van der Waals surface area contributed by atoms with Crippen LogP contribution in [0, 0.1) is 5.41 Å². The Morgan fingerprint density at radius 1 is 0.900 bits per heavy atom. The van der Waals surface area contributed by atoms with Crippen LogP contribution in [0.15, 0.2) is 81.4 Å². The molecule has 0 saturated carbocycles. The van der Waals surface area contributed by atoms with Crippen molar-refractivity contribution in [3.05, 3.63) is 98.3 Å². The lowest BCUT2D eigenvalue weighted by Crippen LogP contribution is -2.63. The first-order chi connectivity index (χ1) is 18.9. The second kappa shape index (κ2) is 9.62. The van der Waals surface area contributed by atoms with Crippen LogP contribution >= 0.6 is 0 Å². The minimum Gasteiger partial charge on any atom is -0.468 e. The van der Waals surface area contributed by atoms with Crippen LogP contribution in [0.4, 0.5) is 0 Å². The van der Waals surface area contributed by atoms with Gasteiger partial charge in [0.25, 0.3) is 0 Å². The predicted octanol–water partition coefficient (Wildman–Crippen LogP) is 3.54. The Morgan fingerprint density at radius 3 is 2.00 bits per heavy atom. The summed E-state index contributed by atoms with van der Waals surface area (Å²) in [5.74, 6) is -1.35. The highest BCUT2D eigenvalue weighted by Gasteiger charge is 2.63. The largest absolute Gasteiger partial charge is 0.468 e. The fourth-order valence-electron chi connectivity index (χ4n) is 6.81. The molecule has 0 N–H and O–H groups in total. The van der Waals surface area contributed by atoms with E-state index >= 15 is 0 Å². The van der Waals surface area contributed by atoms with Gasteiger partial charge in [0.1, 0.15) is 0 Å². The standard InChI is InChI=1S/C30H35N3O6Si/c1-20-23-17-30(25(34)38-3,26(35)39-4)18-24(23)29(2,40(5,6)19-21-13-9-7-10-14-21)33-28(37)31(27(36)32(20)33)22-15-11-8-12-16-22/h7-16,20H,17-19H2,1-6H3/t20-,29-/m0/s1. The monoisotopic (exact) mass is 561 g/mol. The van der Waals surface area contributed by atoms with Gasteiger partial charge >= 0.3 is 23.3 Å². The van der Waals surface area contributed by atoms with Crippen molar-refractivity contribution in [1.82, 2.24) is 13.9 Å². The Kier molecular flexibility index (Phi) is 6.65. The van der Waals surface area contributed by atoms with E-state index in [1.54, 1.807) is 28.9 Å². The molecule has 0 bridgehead atoms. The second-order valence-electron chi connectivity index (χ2n) is 11.6. The minimum atomic E-state index is -2.60. The zero-order valence-electron chi connectivity index (χ0n) is 23.8. The zero-order valence-corrected chi connectivity index (χ0v) is 24.8. The molecule has 2 heterocycles. The Labute approximate surface area is 233 Å². The van der Waals surface area contributed by atoms with Gasteiger partial charge in [0, 0.05) is 0 Å². The van der Waals surface area contributed by atoms with Crippen LogP contribution in [0.5, 0.6) is 0 Å². The summed E-state index contributed by atoms with van der Waals surface area (Å²) in [6.07, 6.45) is 0.121. The topological polar surface area (TPSA) is 102 Å². The van der Waals surface area contributed by atoms with Crippen LogP contribution in [0.3, 0.4) is 0 Å². The number of allylic oxidation sites excluding steroid dienone is 2. The molecule has 0 fully saturated rings. The molecule has 0 spiro atoms. The molecule has 0 saturated heterocycles. The van der Waals surface area contributed by atoms with Crippen LogP contribution in [0.25, 0.3) is 5.69 Å². The maximum Gasteiger partial charge on any atom is 0.352 e. The molecular weight excluding hydrogens is 526 g/mol. The summed E-state index contributed by atoms with van der Waals surface area (Å²) in [5.41, 5.74) is 0.778. The number of esters is 2. The van der Waals surface area contributed by atoms with E-state index in [1.165, 1.54) is 23.5 Å². The molecule has 1 aromatic heterocycles. The Bertz CT molecular complexity index is 1620. The van der Waals surface area contributed by atoms with Gasteiger partial charge in [-0.15, -0.1) is 0 Å². The number of carbonyl (C=O) groups excluding carboxylic acids is 2. The third-order valence-electron chi connectivity index (χ3n) is 9.19. The quantitative estimate of drug-likeness (QED) is 0.198. The van der Waals surface area contributed by atoms with E-state index in [-0.39, 0.29) is 12.8 Å². The number of rotatable bonds is 6. The molecule has 0 unspecified atom stereocenters. The van der Waals surface area contributed by atoms with Crippen LogP contribution in [-0.2, 0) is 30.3 Å². The first-order valence-corrected chi connectivity index (χ1v) is 16.6. The van der Waals surface area contributed by atoms with Crippen molar-refractivity contribution in [2.24, 2.45) is 5.41 Å². The van der Waals surface area contributed by atoms with Crippen molar-refractivity contribution in [2.45, 2.75) is 57.0 Å². The molecular formula is C30H35N3O6Si. The van der Waals surface area contributed by atoms with Gasteiger partial charge in [0.15, 0.2) is 5.41 Å². The molecule has 210 valence electrons. The fraction of sp³-hybridized carbons (Fsp3) is 0.400. The molecule has 2 atom stereocenters. The number of ether oxygens (including phenoxy) is 2. The Balaban J connectivity index is 1.80. The fourth-order valence-corrected chi connectivity index (χ4v) is 10.2. The van der Waals surface area contributed by atoms with E-state index in [2.05, 4.69) is 25.2 Å². The van der Waals surface area contributed by atoms with Gasteiger partial charge in [-0.2, -0.15) is 0 Å². The Morgan fingerprint density at radius 2 is 1.45 bits per heavy atom. The zero-order chi connectivity index (χ0) is 29.0. The molecule has 2 aromatic carbocycles.